The lowest BCUT2D eigenvalue weighted by Crippen LogP contribution is -2.30. The van der Waals surface area contributed by atoms with E-state index in [0.717, 1.165) is 193 Å². The van der Waals surface area contributed by atoms with E-state index in [0.29, 0.717) is 32.1 Å². The third-order valence-corrected chi connectivity index (χ3v) is 17.9. The van der Waals surface area contributed by atoms with Gasteiger partial charge >= 0.3 is 39.5 Å². The van der Waals surface area contributed by atoms with Crippen molar-refractivity contribution in [2.75, 3.05) is 39.6 Å². The van der Waals surface area contributed by atoms with Crippen molar-refractivity contribution in [3.05, 3.63) is 158 Å². The van der Waals surface area contributed by atoms with Crippen LogP contribution in [0.2, 0.25) is 0 Å². The number of phosphoric ester groups is 2. The van der Waals surface area contributed by atoms with Crippen molar-refractivity contribution < 1.29 is 80.2 Å². The van der Waals surface area contributed by atoms with Crippen LogP contribution in [0.1, 0.15) is 297 Å². The minimum Gasteiger partial charge on any atom is -0.462 e. The van der Waals surface area contributed by atoms with Crippen molar-refractivity contribution in [2.45, 2.75) is 316 Å². The summed E-state index contributed by atoms with van der Waals surface area (Å²) < 4.78 is 68.5. The van der Waals surface area contributed by atoms with Gasteiger partial charge < -0.3 is 33.8 Å². The van der Waals surface area contributed by atoms with E-state index in [2.05, 4.69) is 167 Å². The van der Waals surface area contributed by atoms with Crippen LogP contribution >= 0.6 is 15.6 Å². The molecular weight excluding hydrogens is 1350 g/mol. The molecule has 0 saturated heterocycles. The summed E-state index contributed by atoms with van der Waals surface area (Å²) in [6.45, 7) is 4.42. The summed E-state index contributed by atoms with van der Waals surface area (Å²) in [5.41, 5.74) is 0. The highest BCUT2D eigenvalue weighted by atomic mass is 31.2. The van der Waals surface area contributed by atoms with Crippen LogP contribution in [0.4, 0.5) is 0 Å². The summed E-state index contributed by atoms with van der Waals surface area (Å²) in [4.78, 5) is 73.0. The Morgan fingerprint density at radius 1 is 0.279 bits per heavy atom. The topological polar surface area (TPSA) is 237 Å². The molecule has 0 aromatic rings. The third kappa shape index (κ3) is 74.9. The summed E-state index contributed by atoms with van der Waals surface area (Å²) in [6, 6.07) is 0. The molecule has 0 spiro atoms. The zero-order valence-electron chi connectivity index (χ0n) is 64.6. The maximum atomic E-state index is 13.1. The Labute approximate surface area is 629 Å². The predicted molar refractivity (Wildman–Crippen MR) is 427 cm³/mol. The van der Waals surface area contributed by atoms with E-state index in [1.165, 1.54) is 19.3 Å². The van der Waals surface area contributed by atoms with Crippen LogP contribution in [0.15, 0.2) is 158 Å². The number of carbonyl (C=O) groups is 4. The maximum absolute atomic E-state index is 13.1. The zero-order valence-corrected chi connectivity index (χ0v) is 66.4. The second kappa shape index (κ2) is 75.9. The van der Waals surface area contributed by atoms with Gasteiger partial charge in [-0.05, 0) is 154 Å². The van der Waals surface area contributed by atoms with Crippen molar-refractivity contribution >= 4 is 39.5 Å². The van der Waals surface area contributed by atoms with E-state index >= 15 is 0 Å². The molecule has 0 aliphatic rings. The van der Waals surface area contributed by atoms with E-state index in [9.17, 15) is 43.2 Å². The second-order valence-corrected chi connectivity index (χ2v) is 28.8. The molecule has 5 atom stereocenters. The molecule has 0 radical (unpaired) electrons. The molecule has 0 bridgehead atoms. The number of ether oxygens (including phenoxy) is 4. The monoisotopic (exact) mass is 1490 g/mol. The predicted octanol–water partition coefficient (Wildman–Crippen LogP) is 23.2. The van der Waals surface area contributed by atoms with Crippen molar-refractivity contribution in [1.82, 2.24) is 0 Å². The van der Waals surface area contributed by atoms with Gasteiger partial charge in [-0.1, -0.05) is 276 Å². The molecule has 0 amide bonds. The standard InChI is InChI=1S/C85H140O17P2/c1-5-9-13-17-21-25-29-33-36-38-39-41-44-47-50-54-58-62-66-70-83(88)96-76-81(102-85(90)72-68-64-60-56-52-48-42-35-31-27-23-19-15-11-7-3)78-100-104(93,94)98-74-79(86)73-97-103(91,92)99-77-80(101-84(89)71-67-63-59-55-51-45-32-28-24-20-16-12-8-4)75-95-82(87)69-65-61-57-53-49-46-43-40-37-34-30-26-22-18-14-10-6-2/h9-10,13-14,16,20-23,25-28,32-37,39,41-42,47,50,58,62,79-81,86H,5-8,11-12,15,17-19,24,29-31,38,40,43-46,48-49,51-57,59-61,63-78H2,1-4H3,(H,91,92)(H,93,94)/b13-9-,14-10-,20-16-,25-21-,26-22-,27-23-,32-28-,36-33-,37-34-,41-39-,42-35-,50-47-,62-58-. The van der Waals surface area contributed by atoms with Gasteiger partial charge in [-0.3, -0.25) is 37.3 Å². The van der Waals surface area contributed by atoms with E-state index < -0.39 is 97.5 Å². The molecule has 0 aliphatic heterocycles. The molecule has 17 nitrogen and oxygen atoms in total. The number of aliphatic hydroxyl groups is 1. The molecule has 0 saturated carbocycles. The summed E-state index contributed by atoms with van der Waals surface area (Å²) >= 11 is 0. The smallest absolute Gasteiger partial charge is 0.462 e. The number of aliphatic hydroxyl groups excluding tert-OH is 1. The lowest BCUT2D eigenvalue weighted by atomic mass is 10.1. The van der Waals surface area contributed by atoms with Gasteiger partial charge in [-0.2, -0.15) is 0 Å². The van der Waals surface area contributed by atoms with Gasteiger partial charge in [0.1, 0.15) is 19.3 Å². The van der Waals surface area contributed by atoms with Crippen LogP contribution in [-0.2, 0) is 65.4 Å². The first kappa shape index (κ1) is 98.7. The van der Waals surface area contributed by atoms with Gasteiger partial charge in [0.05, 0.1) is 26.4 Å². The lowest BCUT2D eigenvalue weighted by Gasteiger charge is -2.21. The first-order valence-corrected chi connectivity index (χ1v) is 42.7. The van der Waals surface area contributed by atoms with E-state index in [1.807, 2.05) is 18.2 Å². The highest BCUT2D eigenvalue weighted by Gasteiger charge is 2.30. The summed E-state index contributed by atoms with van der Waals surface area (Å²) in [6.07, 6.45) is 88.1. The molecule has 0 fully saturated rings. The average Bonchev–Trinajstić information content (AvgIpc) is 0.911. The number of hydrogen-bond acceptors (Lipinski definition) is 15. The van der Waals surface area contributed by atoms with Gasteiger partial charge in [-0.15, -0.1) is 0 Å². The summed E-state index contributed by atoms with van der Waals surface area (Å²) in [5.74, 6) is -2.32. The maximum Gasteiger partial charge on any atom is 0.472 e. The minimum atomic E-state index is -5.00. The first-order chi connectivity index (χ1) is 50.7. The van der Waals surface area contributed by atoms with Crippen LogP contribution in [0, 0.1) is 0 Å². The largest absolute Gasteiger partial charge is 0.472 e. The number of allylic oxidation sites excluding steroid dienone is 26. The van der Waals surface area contributed by atoms with Crippen LogP contribution in [-0.4, -0.2) is 96.7 Å². The van der Waals surface area contributed by atoms with Gasteiger partial charge in [0, 0.05) is 25.7 Å². The molecular formula is C85H140O17P2. The second-order valence-electron chi connectivity index (χ2n) is 25.9. The Balaban J connectivity index is 5.45. The molecule has 0 aliphatic carbocycles. The van der Waals surface area contributed by atoms with Crippen LogP contribution in [0.3, 0.4) is 0 Å². The van der Waals surface area contributed by atoms with E-state index in [-0.39, 0.29) is 25.7 Å². The van der Waals surface area contributed by atoms with Crippen molar-refractivity contribution in [1.29, 1.82) is 0 Å². The number of unbranched alkanes of at least 4 members (excludes halogenated alkanes) is 21. The van der Waals surface area contributed by atoms with Crippen molar-refractivity contribution in [3.8, 4) is 0 Å². The number of carbonyl (C=O) groups excluding carboxylic acids is 4. The minimum absolute atomic E-state index is 0.0283. The molecule has 104 heavy (non-hydrogen) atoms. The Morgan fingerprint density at radius 2 is 0.538 bits per heavy atom. The van der Waals surface area contributed by atoms with Gasteiger partial charge in [0.25, 0.3) is 0 Å². The Morgan fingerprint density at radius 3 is 0.865 bits per heavy atom. The highest BCUT2D eigenvalue weighted by Crippen LogP contribution is 2.45. The van der Waals surface area contributed by atoms with Crippen LogP contribution in [0.5, 0.6) is 0 Å². The number of rotatable bonds is 73. The molecule has 3 N–H and O–H groups in total. The van der Waals surface area contributed by atoms with E-state index in [4.69, 9.17) is 37.0 Å². The lowest BCUT2D eigenvalue weighted by molar-refractivity contribution is -0.161. The van der Waals surface area contributed by atoms with E-state index in [1.54, 1.807) is 0 Å². The molecule has 0 heterocycles. The fraction of sp³-hybridized carbons (Fsp3) is 0.647. The normalized spacial score (nSPS) is 14.7. The average molecular weight is 1500 g/mol. The highest BCUT2D eigenvalue weighted by molar-refractivity contribution is 7.47. The SMILES string of the molecule is CC/C=C\C/C=C\C/C=C\C/C=C\C/C=C\C/C=C\CCC(=O)OCC(COP(=O)(O)OCC(O)COP(=O)(O)OCC(COC(=O)CCCCCCCCC/C=C\C/C=C\C/C=C\CC)OC(=O)CCCCCCC/C=C\C/C=C\CCC)OC(=O)CCCCCCC/C=C\C/C=C\CCCCC. The molecule has 5 unspecified atom stereocenters. The summed E-state index contributed by atoms with van der Waals surface area (Å²) in [5, 5.41) is 10.6. The quantitative estimate of drug-likeness (QED) is 0.0169. The van der Waals surface area contributed by atoms with Crippen molar-refractivity contribution in [3.63, 3.8) is 0 Å². The third-order valence-electron chi connectivity index (χ3n) is 16.0. The Kier molecular flexibility index (Phi) is 72.0. The zero-order chi connectivity index (χ0) is 76.0. The number of hydrogen-bond donors (Lipinski definition) is 3. The molecule has 0 rings (SSSR count). The van der Waals surface area contributed by atoms with Crippen LogP contribution in [0.25, 0.3) is 0 Å². The Bertz CT molecular complexity index is 2590. The molecule has 0 aromatic carbocycles. The number of phosphoric acid groups is 2. The van der Waals surface area contributed by atoms with Gasteiger partial charge in [-0.25, -0.2) is 9.13 Å². The fourth-order valence-electron chi connectivity index (χ4n) is 9.97. The number of esters is 4. The van der Waals surface area contributed by atoms with Gasteiger partial charge in [0.15, 0.2) is 12.2 Å². The fourth-order valence-corrected chi connectivity index (χ4v) is 11.6. The Hall–Kier alpha value is -5.32. The van der Waals surface area contributed by atoms with Crippen LogP contribution < -0.4 is 0 Å². The van der Waals surface area contributed by atoms with Crippen molar-refractivity contribution in [2.24, 2.45) is 0 Å². The molecule has 19 heteroatoms. The van der Waals surface area contributed by atoms with Gasteiger partial charge in [0.2, 0.25) is 0 Å². The first-order valence-electron chi connectivity index (χ1n) is 39.7. The summed E-state index contributed by atoms with van der Waals surface area (Å²) in [7, 11) is -10.00. The molecule has 0 aromatic heterocycles. The molecule has 592 valence electrons.